The first-order valence-corrected chi connectivity index (χ1v) is 7.16. The van der Waals surface area contributed by atoms with Crippen molar-refractivity contribution >= 4 is 17.4 Å². The molecule has 4 rings (SSSR count). The first-order valence-electron chi connectivity index (χ1n) is 6.79. The third-order valence-electron chi connectivity index (χ3n) is 3.89. The Hall–Kier alpha value is -2.38. The Morgan fingerprint density at radius 1 is 0.667 bits per heavy atom. The second kappa shape index (κ2) is 4.57. The summed E-state index contributed by atoms with van der Waals surface area (Å²) in [6.45, 7) is 0. The van der Waals surface area contributed by atoms with Crippen LogP contribution in [0.5, 0.6) is 0 Å². The molecule has 1 aliphatic rings. The zero-order chi connectivity index (χ0) is 14.4. The number of fused-ring (bicyclic) bond motifs is 3. The normalized spacial score (nSPS) is 12.1. The van der Waals surface area contributed by atoms with Crippen molar-refractivity contribution in [3.63, 3.8) is 0 Å². The molecular weight excluding hydrogens is 280 g/mol. The van der Waals surface area contributed by atoms with Crippen LogP contribution in [-0.2, 0) is 0 Å². The third kappa shape index (κ3) is 1.82. The maximum absolute atomic E-state index is 12.7. The number of hydrogen-bond acceptors (Lipinski definition) is 1. The largest absolute Gasteiger partial charge is 0.289 e. The Morgan fingerprint density at radius 2 is 1.33 bits per heavy atom. The van der Waals surface area contributed by atoms with Crippen molar-refractivity contribution in [2.24, 2.45) is 0 Å². The van der Waals surface area contributed by atoms with Crippen LogP contribution >= 0.6 is 11.6 Å². The van der Waals surface area contributed by atoms with Gasteiger partial charge in [-0.2, -0.15) is 0 Å². The van der Waals surface area contributed by atoms with E-state index in [0.717, 1.165) is 33.4 Å². The summed E-state index contributed by atoms with van der Waals surface area (Å²) in [6, 6.07) is 21.4. The fraction of sp³-hybridized carbons (Fsp3) is 0. The van der Waals surface area contributed by atoms with Crippen LogP contribution in [0.15, 0.2) is 66.7 Å². The highest BCUT2D eigenvalue weighted by Crippen LogP contribution is 2.41. The van der Waals surface area contributed by atoms with E-state index in [-0.39, 0.29) is 5.78 Å². The van der Waals surface area contributed by atoms with Gasteiger partial charge in [-0.15, -0.1) is 0 Å². The summed E-state index contributed by atoms with van der Waals surface area (Å²) in [5.41, 5.74) is 5.49. The smallest absolute Gasteiger partial charge is 0.194 e. The van der Waals surface area contributed by atoms with Crippen molar-refractivity contribution in [3.8, 4) is 22.3 Å². The minimum absolute atomic E-state index is 0.0937. The highest BCUT2D eigenvalue weighted by molar-refractivity contribution is 6.31. The fourth-order valence-electron chi connectivity index (χ4n) is 2.97. The Balaban J connectivity index is 2.01. The van der Waals surface area contributed by atoms with Crippen molar-refractivity contribution in [2.45, 2.75) is 0 Å². The van der Waals surface area contributed by atoms with Crippen LogP contribution in [0.1, 0.15) is 15.9 Å². The van der Waals surface area contributed by atoms with E-state index < -0.39 is 0 Å². The molecular formula is C19H11ClO. The van der Waals surface area contributed by atoms with Crippen LogP contribution in [-0.4, -0.2) is 5.78 Å². The van der Waals surface area contributed by atoms with Crippen LogP contribution < -0.4 is 0 Å². The lowest BCUT2D eigenvalue weighted by atomic mass is 9.95. The van der Waals surface area contributed by atoms with Crippen LogP contribution in [0, 0.1) is 0 Å². The second-order valence-electron chi connectivity index (χ2n) is 5.11. The van der Waals surface area contributed by atoms with E-state index in [1.165, 1.54) is 0 Å². The molecule has 0 radical (unpaired) electrons. The van der Waals surface area contributed by atoms with E-state index in [4.69, 9.17) is 11.6 Å². The maximum Gasteiger partial charge on any atom is 0.194 e. The standard InChI is InChI=1S/C19H11ClO/c20-13-6-3-5-12(11-13)14-9-4-10-16-15-7-1-2-8-17(15)19(21)18(14)16/h1-11H. The van der Waals surface area contributed by atoms with Gasteiger partial charge in [0, 0.05) is 16.1 Å². The summed E-state index contributed by atoms with van der Waals surface area (Å²) in [5.74, 6) is 0.0937. The lowest BCUT2D eigenvalue weighted by molar-refractivity contribution is 0.104. The average molecular weight is 291 g/mol. The van der Waals surface area contributed by atoms with Crippen LogP contribution in [0.4, 0.5) is 0 Å². The zero-order valence-electron chi connectivity index (χ0n) is 11.1. The molecule has 0 heterocycles. The topological polar surface area (TPSA) is 17.1 Å². The fourth-order valence-corrected chi connectivity index (χ4v) is 3.16. The maximum atomic E-state index is 12.7. The third-order valence-corrected chi connectivity index (χ3v) is 4.12. The molecule has 2 heteroatoms. The van der Waals surface area contributed by atoms with E-state index in [1.807, 2.05) is 66.7 Å². The van der Waals surface area contributed by atoms with Crippen LogP contribution in [0.2, 0.25) is 5.02 Å². The number of halogens is 1. The molecule has 21 heavy (non-hydrogen) atoms. The quantitative estimate of drug-likeness (QED) is 0.470. The van der Waals surface area contributed by atoms with Gasteiger partial charge in [0.15, 0.2) is 5.78 Å². The van der Waals surface area contributed by atoms with Gasteiger partial charge < -0.3 is 0 Å². The van der Waals surface area contributed by atoms with Crippen molar-refractivity contribution in [1.29, 1.82) is 0 Å². The molecule has 0 unspecified atom stereocenters. The van der Waals surface area contributed by atoms with Gasteiger partial charge in [0.1, 0.15) is 0 Å². The number of hydrogen-bond donors (Lipinski definition) is 0. The van der Waals surface area contributed by atoms with Crippen molar-refractivity contribution < 1.29 is 4.79 Å². The lowest BCUT2D eigenvalue weighted by Crippen LogP contribution is -1.98. The summed E-state index contributed by atoms with van der Waals surface area (Å²) in [6.07, 6.45) is 0. The number of ketones is 1. The van der Waals surface area contributed by atoms with Gasteiger partial charge in [-0.3, -0.25) is 4.79 Å². The van der Waals surface area contributed by atoms with Crippen LogP contribution in [0.25, 0.3) is 22.3 Å². The van der Waals surface area contributed by atoms with Gasteiger partial charge in [-0.1, -0.05) is 66.2 Å². The number of carbonyl (C=O) groups is 1. The summed E-state index contributed by atoms with van der Waals surface area (Å²) < 4.78 is 0. The molecule has 100 valence electrons. The van der Waals surface area contributed by atoms with Crippen molar-refractivity contribution in [3.05, 3.63) is 82.9 Å². The molecule has 0 aromatic heterocycles. The van der Waals surface area contributed by atoms with Gasteiger partial charge in [0.25, 0.3) is 0 Å². The van der Waals surface area contributed by atoms with E-state index in [1.54, 1.807) is 0 Å². The average Bonchev–Trinajstić information content (AvgIpc) is 2.81. The van der Waals surface area contributed by atoms with Gasteiger partial charge in [0.2, 0.25) is 0 Å². The van der Waals surface area contributed by atoms with E-state index in [0.29, 0.717) is 5.02 Å². The summed E-state index contributed by atoms with van der Waals surface area (Å²) in [4.78, 5) is 12.7. The van der Waals surface area contributed by atoms with Gasteiger partial charge in [0.05, 0.1) is 0 Å². The predicted octanol–water partition coefficient (Wildman–Crippen LogP) is 5.22. The molecule has 0 atom stereocenters. The number of benzene rings is 3. The SMILES string of the molecule is O=C1c2ccccc2-c2cccc(-c3cccc(Cl)c3)c21. The first-order chi connectivity index (χ1) is 10.3. The van der Waals surface area contributed by atoms with E-state index >= 15 is 0 Å². The molecule has 0 saturated heterocycles. The van der Waals surface area contributed by atoms with Gasteiger partial charge >= 0.3 is 0 Å². The highest BCUT2D eigenvalue weighted by atomic mass is 35.5. The molecule has 0 fully saturated rings. The Kier molecular flexibility index (Phi) is 2.69. The summed E-state index contributed by atoms with van der Waals surface area (Å²) in [7, 11) is 0. The monoisotopic (exact) mass is 290 g/mol. The van der Waals surface area contributed by atoms with Gasteiger partial charge in [-0.25, -0.2) is 0 Å². The highest BCUT2D eigenvalue weighted by Gasteiger charge is 2.28. The van der Waals surface area contributed by atoms with Crippen molar-refractivity contribution in [2.75, 3.05) is 0 Å². The molecule has 3 aromatic rings. The molecule has 0 N–H and O–H groups in total. The zero-order valence-corrected chi connectivity index (χ0v) is 11.9. The van der Waals surface area contributed by atoms with Gasteiger partial charge in [-0.05, 0) is 34.4 Å². The Morgan fingerprint density at radius 3 is 2.14 bits per heavy atom. The summed E-state index contributed by atoms with van der Waals surface area (Å²) >= 11 is 6.09. The minimum atomic E-state index is 0.0937. The van der Waals surface area contributed by atoms with E-state index in [2.05, 4.69) is 0 Å². The lowest BCUT2D eigenvalue weighted by Gasteiger charge is -2.08. The molecule has 0 aliphatic heterocycles. The molecule has 1 nitrogen and oxygen atoms in total. The second-order valence-corrected chi connectivity index (χ2v) is 5.55. The molecule has 0 amide bonds. The molecule has 0 saturated carbocycles. The summed E-state index contributed by atoms with van der Waals surface area (Å²) in [5, 5.41) is 0.674. The molecule has 0 spiro atoms. The Labute approximate surface area is 127 Å². The van der Waals surface area contributed by atoms with E-state index in [9.17, 15) is 4.79 Å². The van der Waals surface area contributed by atoms with Crippen LogP contribution in [0.3, 0.4) is 0 Å². The molecule has 1 aliphatic carbocycles. The predicted molar refractivity (Wildman–Crippen MR) is 85.8 cm³/mol. The first kappa shape index (κ1) is 12.4. The van der Waals surface area contributed by atoms with Crippen molar-refractivity contribution in [1.82, 2.24) is 0 Å². The number of rotatable bonds is 1. The minimum Gasteiger partial charge on any atom is -0.289 e. The molecule has 0 bridgehead atoms. The Bertz CT molecular complexity index is 880. The molecule has 3 aromatic carbocycles. The number of carbonyl (C=O) groups excluding carboxylic acids is 1.